The lowest BCUT2D eigenvalue weighted by Gasteiger charge is -2.17. The van der Waals surface area contributed by atoms with Gasteiger partial charge in [-0.3, -0.25) is 9.48 Å². The van der Waals surface area contributed by atoms with Gasteiger partial charge < -0.3 is 19.4 Å². The van der Waals surface area contributed by atoms with E-state index < -0.39 is 0 Å². The summed E-state index contributed by atoms with van der Waals surface area (Å²) in [5, 5.41) is 7.20. The number of methoxy groups -OCH3 is 1. The minimum Gasteiger partial charge on any atom is -0.453 e. The third kappa shape index (κ3) is 3.89. The second kappa shape index (κ2) is 7.81. The van der Waals surface area contributed by atoms with Crippen LogP contribution in [-0.2, 0) is 18.4 Å². The van der Waals surface area contributed by atoms with Crippen molar-refractivity contribution in [1.82, 2.24) is 25.1 Å². The van der Waals surface area contributed by atoms with E-state index in [2.05, 4.69) is 25.3 Å². The first-order chi connectivity index (χ1) is 13.6. The van der Waals surface area contributed by atoms with Gasteiger partial charge in [-0.05, 0) is 24.6 Å². The molecular weight excluding hydrogens is 360 g/mol. The molecule has 1 unspecified atom stereocenters. The summed E-state index contributed by atoms with van der Waals surface area (Å²) in [4.78, 5) is 23.5. The smallest absolute Gasteiger partial charge is 0.287 e. The number of ether oxygens (including phenoxy) is 1. The Kier molecular flexibility index (Phi) is 5.07. The molecule has 1 atom stereocenters. The predicted octanol–water partition coefficient (Wildman–Crippen LogP) is 1.63. The Morgan fingerprint density at radius 3 is 3.07 bits per heavy atom. The first kappa shape index (κ1) is 18.2. The van der Waals surface area contributed by atoms with E-state index in [9.17, 15) is 4.79 Å². The van der Waals surface area contributed by atoms with Crippen LogP contribution >= 0.6 is 0 Å². The van der Waals surface area contributed by atoms with Crippen LogP contribution in [0, 0.1) is 0 Å². The molecule has 1 saturated heterocycles. The van der Waals surface area contributed by atoms with E-state index >= 15 is 0 Å². The molecule has 1 N–H and O–H groups in total. The number of nitrogens with one attached hydrogen (secondary N) is 1. The highest BCUT2D eigenvalue weighted by molar-refractivity contribution is 5.91. The fourth-order valence-corrected chi connectivity index (χ4v) is 3.25. The van der Waals surface area contributed by atoms with Crippen LogP contribution in [0.15, 0.2) is 41.2 Å². The number of hydrogen-bond acceptors (Lipinski definition) is 7. The van der Waals surface area contributed by atoms with Crippen molar-refractivity contribution in [3.8, 4) is 11.3 Å². The van der Waals surface area contributed by atoms with E-state index in [1.54, 1.807) is 36.3 Å². The van der Waals surface area contributed by atoms with Gasteiger partial charge in [0.1, 0.15) is 12.4 Å². The van der Waals surface area contributed by atoms with Gasteiger partial charge in [0.05, 0.1) is 11.9 Å². The molecule has 9 heteroatoms. The van der Waals surface area contributed by atoms with E-state index in [-0.39, 0.29) is 11.9 Å². The Balaban J connectivity index is 1.39. The Morgan fingerprint density at radius 1 is 1.39 bits per heavy atom. The molecule has 146 valence electrons. The third-order valence-electron chi connectivity index (χ3n) is 4.62. The number of aromatic nitrogens is 4. The molecule has 0 bridgehead atoms. The number of carbonyl (C=O) groups is 1. The number of anilines is 1. The zero-order valence-corrected chi connectivity index (χ0v) is 15.8. The molecule has 0 aromatic carbocycles. The lowest BCUT2D eigenvalue weighted by Crippen LogP contribution is -2.37. The summed E-state index contributed by atoms with van der Waals surface area (Å²) in [5.74, 6) is 1.35. The molecule has 1 aliphatic rings. The van der Waals surface area contributed by atoms with E-state index in [0.717, 1.165) is 24.2 Å². The number of furan rings is 1. The van der Waals surface area contributed by atoms with Crippen LogP contribution < -0.4 is 10.2 Å². The van der Waals surface area contributed by atoms with Crippen LogP contribution in [-0.4, -0.2) is 51.9 Å². The van der Waals surface area contributed by atoms with Crippen LogP contribution in [0.1, 0.15) is 22.7 Å². The number of aryl methyl sites for hydroxylation is 1. The molecule has 0 radical (unpaired) electrons. The minimum absolute atomic E-state index is 0.00845. The molecule has 3 aromatic heterocycles. The highest BCUT2D eigenvalue weighted by Crippen LogP contribution is 2.21. The largest absolute Gasteiger partial charge is 0.453 e. The van der Waals surface area contributed by atoms with E-state index in [1.165, 1.54) is 0 Å². The average molecular weight is 382 g/mol. The molecular formula is C19H22N6O3. The van der Waals surface area contributed by atoms with Crippen LogP contribution in [0.25, 0.3) is 11.3 Å². The lowest BCUT2D eigenvalue weighted by atomic mass is 10.2. The van der Waals surface area contributed by atoms with Gasteiger partial charge in [0.25, 0.3) is 5.91 Å². The highest BCUT2D eigenvalue weighted by atomic mass is 16.5. The van der Waals surface area contributed by atoms with Crippen LogP contribution in [0.5, 0.6) is 0 Å². The summed E-state index contributed by atoms with van der Waals surface area (Å²) in [6, 6.07) is 5.28. The quantitative estimate of drug-likeness (QED) is 0.692. The summed E-state index contributed by atoms with van der Waals surface area (Å²) in [6.07, 6.45) is 6.26. The Hall–Kier alpha value is -3.20. The highest BCUT2D eigenvalue weighted by Gasteiger charge is 2.27. The molecule has 3 aromatic rings. The van der Waals surface area contributed by atoms with Gasteiger partial charge in [0.15, 0.2) is 5.76 Å². The molecule has 4 heterocycles. The molecule has 0 aliphatic carbocycles. The zero-order valence-electron chi connectivity index (χ0n) is 15.8. The van der Waals surface area contributed by atoms with Crippen molar-refractivity contribution < 1.29 is 13.9 Å². The van der Waals surface area contributed by atoms with E-state index in [4.69, 9.17) is 9.15 Å². The van der Waals surface area contributed by atoms with Crippen molar-refractivity contribution in [2.45, 2.75) is 19.1 Å². The number of rotatable bonds is 6. The van der Waals surface area contributed by atoms with Gasteiger partial charge in [-0.1, -0.05) is 0 Å². The van der Waals surface area contributed by atoms with Gasteiger partial charge in [0.2, 0.25) is 5.95 Å². The van der Waals surface area contributed by atoms with E-state index in [0.29, 0.717) is 30.6 Å². The Bertz CT molecular complexity index is 966. The monoisotopic (exact) mass is 382 g/mol. The van der Waals surface area contributed by atoms with Crippen LogP contribution in [0.4, 0.5) is 5.95 Å². The van der Waals surface area contributed by atoms with Gasteiger partial charge in [-0.25, -0.2) is 9.97 Å². The predicted molar refractivity (Wildman–Crippen MR) is 102 cm³/mol. The van der Waals surface area contributed by atoms with E-state index in [1.807, 2.05) is 19.3 Å². The summed E-state index contributed by atoms with van der Waals surface area (Å²) in [6.45, 7) is 1.76. The molecule has 0 spiro atoms. The van der Waals surface area contributed by atoms with Crippen LogP contribution in [0.2, 0.25) is 0 Å². The molecule has 28 heavy (non-hydrogen) atoms. The van der Waals surface area contributed by atoms with Crippen molar-refractivity contribution in [1.29, 1.82) is 0 Å². The van der Waals surface area contributed by atoms with Crippen molar-refractivity contribution in [2.24, 2.45) is 7.05 Å². The topological polar surface area (TPSA) is 98.3 Å². The molecule has 0 saturated carbocycles. The summed E-state index contributed by atoms with van der Waals surface area (Å²) >= 11 is 0. The standard InChI is InChI=1S/C19H22N6O3/c1-24-10-13(9-21-24)16-5-7-20-19(23-16)25-8-6-14(11-25)22-18(26)17-4-3-15(28-17)12-27-2/h3-5,7,9-10,14H,6,8,11-12H2,1-2H3,(H,22,26). The third-order valence-corrected chi connectivity index (χ3v) is 4.62. The normalized spacial score (nSPS) is 16.5. The summed E-state index contributed by atoms with van der Waals surface area (Å²) < 4.78 is 12.2. The first-order valence-electron chi connectivity index (χ1n) is 9.08. The average Bonchev–Trinajstić information content (AvgIpc) is 3.43. The Labute approximate surface area is 162 Å². The van der Waals surface area contributed by atoms with Gasteiger partial charge in [-0.15, -0.1) is 0 Å². The summed E-state index contributed by atoms with van der Waals surface area (Å²) in [5.41, 5.74) is 1.77. The second-order valence-electron chi connectivity index (χ2n) is 6.75. The molecule has 1 amide bonds. The lowest BCUT2D eigenvalue weighted by molar-refractivity contribution is 0.0903. The molecule has 1 fully saturated rings. The van der Waals surface area contributed by atoms with Crippen molar-refractivity contribution >= 4 is 11.9 Å². The molecule has 4 rings (SSSR count). The van der Waals surface area contributed by atoms with Gasteiger partial charge in [0, 0.05) is 51.2 Å². The summed E-state index contributed by atoms with van der Waals surface area (Å²) in [7, 11) is 3.46. The van der Waals surface area contributed by atoms with Crippen molar-refractivity contribution in [3.05, 3.63) is 48.3 Å². The SMILES string of the molecule is COCc1ccc(C(=O)NC2CCN(c3nccc(-c4cnn(C)c4)n3)C2)o1. The molecule has 1 aliphatic heterocycles. The number of amides is 1. The zero-order chi connectivity index (χ0) is 19.5. The minimum atomic E-state index is -0.223. The maximum absolute atomic E-state index is 12.4. The van der Waals surface area contributed by atoms with Crippen LogP contribution in [0.3, 0.4) is 0 Å². The first-order valence-corrected chi connectivity index (χ1v) is 9.08. The number of nitrogens with zero attached hydrogens (tertiary/aromatic N) is 5. The molecule has 9 nitrogen and oxygen atoms in total. The number of carbonyl (C=O) groups excluding carboxylic acids is 1. The van der Waals surface area contributed by atoms with Gasteiger partial charge in [-0.2, -0.15) is 5.10 Å². The second-order valence-corrected chi connectivity index (χ2v) is 6.75. The number of hydrogen-bond donors (Lipinski definition) is 1. The maximum atomic E-state index is 12.4. The fraction of sp³-hybridized carbons (Fsp3) is 0.368. The fourth-order valence-electron chi connectivity index (χ4n) is 3.25. The van der Waals surface area contributed by atoms with Gasteiger partial charge >= 0.3 is 0 Å². The van der Waals surface area contributed by atoms with Crippen molar-refractivity contribution in [3.63, 3.8) is 0 Å². The van der Waals surface area contributed by atoms with Crippen molar-refractivity contribution in [2.75, 3.05) is 25.1 Å². The Morgan fingerprint density at radius 2 is 2.29 bits per heavy atom. The maximum Gasteiger partial charge on any atom is 0.287 e.